The molecule has 0 atom stereocenters. The molecule has 0 spiro atoms. The van der Waals surface area contributed by atoms with Gasteiger partial charge < -0.3 is 0 Å². The largest absolute Gasteiger partial charge is 0.287 e. The van der Waals surface area contributed by atoms with Gasteiger partial charge in [-0.05, 0) is 31.3 Å². The first-order chi connectivity index (χ1) is 6.80. The zero-order valence-electron chi connectivity index (χ0n) is 10.6. The summed E-state index contributed by atoms with van der Waals surface area (Å²) >= 11 is 0. The van der Waals surface area contributed by atoms with E-state index in [1.807, 2.05) is 12.5 Å². The number of nitrogens with zero attached hydrogens (tertiary/aromatic N) is 3. The molecule has 3 nitrogen and oxygen atoms in total. The standard InChI is InChI=1S/C10H23N3S2/c1-7-13(14(2,3)4)15(5,6)12-9-8-11-10-12/h8-10H,7H2,1-6H3. The number of imidazole rings is 1. The van der Waals surface area contributed by atoms with E-state index in [4.69, 9.17) is 0 Å². The van der Waals surface area contributed by atoms with Gasteiger partial charge in [0.1, 0.15) is 6.33 Å². The highest BCUT2D eigenvalue weighted by atomic mass is 32.3. The number of hydrogen-bond acceptors (Lipinski definition) is 2. The number of aromatic nitrogens is 2. The minimum absolute atomic E-state index is 0.677. The lowest BCUT2D eigenvalue weighted by atomic mass is 10.8. The maximum atomic E-state index is 4.15. The summed E-state index contributed by atoms with van der Waals surface area (Å²) in [6, 6.07) is 0. The summed E-state index contributed by atoms with van der Waals surface area (Å²) in [6.45, 7) is 3.34. The first kappa shape index (κ1) is 12.9. The molecule has 0 N–H and O–H groups in total. The molecule has 1 heterocycles. The third-order valence-electron chi connectivity index (χ3n) is 2.36. The van der Waals surface area contributed by atoms with E-state index in [1.165, 1.54) is 0 Å². The van der Waals surface area contributed by atoms with E-state index in [0.29, 0.717) is 0 Å². The fraction of sp³-hybridized carbons (Fsp3) is 0.700. The number of hydrogen-bond donors (Lipinski definition) is 0. The first-order valence-electron chi connectivity index (χ1n) is 4.98. The van der Waals surface area contributed by atoms with E-state index in [9.17, 15) is 0 Å². The fourth-order valence-corrected chi connectivity index (χ4v) is 8.73. The molecule has 15 heavy (non-hydrogen) atoms. The van der Waals surface area contributed by atoms with Crippen LogP contribution in [0.15, 0.2) is 18.7 Å². The van der Waals surface area contributed by atoms with Crippen molar-refractivity contribution < 1.29 is 0 Å². The zero-order chi connectivity index (χ0) is 11.7. The Kier molecular flexibility index (Phi) is 3.79. The lowest BCUT2D eigenvalue weighted by molar-refractivity contribution is 0.746. The molecule has 0 fully saturated rings. The maximum Gasteiger partial charge on any atom is 0.104 e. The van der Waals surface area contributed by atoms with Crippen molar-refractivity contribution in [3.63, 3.8) is 0 Å². The molecule has 0 amide bonds. The minimum Gasteiger partial charge on any atom is -0.287 e. The quantitative estimate of drug-likeness (QED) is 0.818. The zero-order valence-corrected chi connectivity index (χ0v) is 12.2. The first-order valence-corrected chi connectivity index (χ1v) is 10.2. The average Bonchev–Trinajstić information content (AvgIpc) is 2.52. The van der Waals surface area contributed by atoms with Crippen LogP contribution in [0.25, 0.3) is 0 Å². The minimum atomic E-state index is -0.941. The van der Waals surface area contributed by atoms with Gasteiger partial charge in [-0.25, -0.2) is 8.69 Å². The van der Waals surface area contributed by atoms with E-state index in [2.05, 4.69) is 57.1 Å². The van der Waals surface area contributed by atoms with Crippen LogP contribution in [0.4, 0.5) is 0 Å². The summed E-state index contributed by atoms with van der Waals surface area (Å²) in [5.41, 5.74) is 0. The van der Waals surface area contributed by atoms with Gasteiger partial charge in [-0.1, -0.05) is 6.92 Å². The maximum absolute atomic E-state index is 4.15. The highest BCUT2D eigenvalue weighted by molar-refractivity contribution is 8.43. The van der Waals surface area contributed by atoms with Crippen molar-refractivity contribution >= 4 is 20.6 Å². The van der Waals surface area contributed by atoms with E-state index < -0.39 is 20.6 Å². The SMILES string of the molecule is CCN(S(C)(C)C)S(C)(C)n1ccnc1. The normalized spacial score (nSPS) is 15.7. The van der Waals surface area contributed by atoms with Crippen LogP contribution in [0.5, 0.6) is 0 Å². The molecule has 0 radical (unpaired) electrons. The molecule has 1 aromatic rings. The van der Waals surface area contributed by atoms with Crippen molar-refractivity contribution in [2.24, 2.45) is 0 Å². The van der Waals surface area contributed by atoms with E-state index in [1.54, 1.807) is 0 Å². The van der Waals surface area contributed by atoms with E-state index in [-0.39, 0.29) is 0 Å². The van der Waals surface area contributed by atoms with Crippen molar-refractivity contribution in [2.75, 3.05) is 37.8 Å². The second-order valence-electron chi connectivity index (χ2n) is 4.56. The molecular weight excluding hydrogens is 226 g/mol. The van der Waals surface area contributed by atoms with Crippen molar-refractivity contribution in [1.82, 2.24) is 12.7 Å². The summed E-state index contributed by atoms with van der Waals surface area (Å²) in [5.74, 6) is 0. The molecule has 90 valence electrons. The van der Waals surface area contributed by atoms with Crippen LogP contribution in [0.1, 0.15) is 6.92 Å². The molecule has 0 saturated carbocycles. The lowest BCUT2D eigenvalue weighted by Crippen LogP contribution is -2.32. The Hall–Kier alpha value is -0.130. The van der Waals surface area contributed by atoms with Crippen molar-refractivity contribution in [1.29, 1.82) is 0 Å². The summed E-state index contributed by atoms with van der Waals surface area (Å²) in [6.07, 6.45) is 17.6. The monoisotopic (exact) mass is 249 g/mol. The van der Waals surface area contributed by atoms with Crippen molar-refractivity contribution in [3.05, 3.63) is 18.7 Å². The van der Waals surface area contributed by atoms with Crippen LogP contribution < -0.4 is 0 Å². The Balaban J connectivity index is 3.03. The third-order valence-corrected chi connectivity index (χ3v) is 8.78. The summed E-state index contributed by atoms with van der Waals surface area (Å²) < 4.78 is 4.89. The predicted molar refractivity (Wildman–Crippen MR) is 74.8 cm³/mol. The van der Waals surface area contributed by atoms with Gasteiger partial charge in [-0.15, -0.1) is 10.4 Å². The Morgan fingerprint density at radius 3 is 2.13 bits per heavy atom. The molecular formula is C10H23N3S2. The van der Waals surface area contributed by atoms with Crippen LogP contribution in [-0.2, 0) is 0 Å². The van der Waals surface area contributed by atoms with Crippen LogP contribution in [0.2, 0.25) is 0 Å². The van der Waals surface area contributed by atoms with Gasteiger partial charge in [0.25, 0.3) is 0 Å². The third kappa shape index (κ3) is 2.71. The van der Waals surface area contributed by atoms with Crippen LogP contribution in [-0.4, -0.2) is 50.5 Å². The Morgan fingerprint density at radius 1 is 1.20 bits per heavy atom. The second kappa shape index (κ2) is 4.39. The predicted octanol–water partition coefficient (Wildman–Crippen LogP) is 2.56. The number of rotatable bonds is 4. The molecule has 1 rings (SSSR count). The van der Waals surface area contributed by atoms with Gasteiger partial charge in [0.15, 0.2) is 0 Å². The average molecular weight is 249 g/mol. The molecule has 0 unspecified atom stereocenters. The van der Waals surface area contributed by atoms with Gasteiger partial charge in [0.05, 0.1) is 0 Å². The van der Waals surface area contributed by atoms with Crippen molar-refractivity contribution in [3.8, 4) is 0 Å². The van der Waals surface area contributed by atoms with Gasteiger partial charge in [0, 0.05) is 18.9 Å². The Labute approximate surface area is 96.9 Å². The van der Waals surface area contributed by atoms with Crippen LogP contribution >= 0.6 is 20.6 Å². The highest BCUT2D eigenvalue weighted by Gasteiger charge is 2.28. The molecule has 0 saturated heterocycles. The summed E-state index contributed by atoms with van der Waals surface area (Å²) in [5, 5.41) is 0. The molecule has 0 aliphatic heterocycles. The smallest absolute Gasteiger partial charge is 0.104 e. The van der Waals surface area contributed by atoms with Gasteiger partial charge in [-0.2, -0.15) is 10.2 Å². The fourth-order valence-electron chi connectivity index (χ4n) is 1.87. The van der Waals surface area contributed by atoms with Gasteiger partial charge in [-0.3, -0.25) is 3.97 Å². The van der Waals surface area contributed by atoms with Gasteiger partial charge in [0.2, 0.25) is 0 Å². The Morgan fingerprint density at radius 2 is 1.80 bits per heavy atom. The molecule has 0 aliphatic carbocycles. The van der Waals surface area contributed by atoms with Crippen molar-refractivity contribution in [2.45, 2.75) is 6.92 Å². The Bertz CT molecular complexity index is 301. The molecule has 0 aromatic carbocycles. The molecule has 0 aliphatic rings. The molecule has 5 heteroatoms. The summed E-state index contributed by atoms with van der Waals surface area (Å²) in [7, 11) is -1.62. The highest BCUT2D eigenvalue weighted by Crippen LogP contribution is 2.59. The van der Waals surface area contributed by atoms with Crippen LogP contribution in [0.3, 0.4) is 0 Å². The van der Waals surface area contributed by atoms with E-state index >= 15 is 0 Å². The molecule has 0 bridgehead atoms. The lowest BCUT2D eigenvalue weighted by Gasteiger charge is -2.52. The van der Waals surface area contributed by atoms with E-state index in [0.717, 1.165) is 6.54 Å². The topological polar surface area (TPSA) is 21.1 Å². The van der Waals surface area contributed by atoms with Crippen LogP contribution in [0, 0.1) is 0 Å². The van der Waals surface area contributed by atoms with Gasteiger partial charge >= 0.3 is 0 Å². The summed E-state index contributed by atoms with van der Waals surface area (Å²) in [4.78, 5) is 4.15. The molecule has 1 aromatic heterocycles. The second-order valence-corrected chi connectivity index (χ2v) is 12.1.